The van der Waals surface area contributed by atoms with Gasteiger partial charge in [-0.25, -0.2) is 0 Å². The first kappa shape index (κ1) is 7.32. The molecule has 0 amide bonds. The summed E-state index contributed by atoms with van der Waals surface area (Å²) in [7, 11) is 0. The minimum Gasteiger partial charge on any atom is -0.105 e. The molecule has 42 valence electrons. The van der Waals surface area contributed by atoms with Crippen molar-refractivity contribution < 1.29 is 0 Å². The van der Waals surface area contributed by atoms with E-state index in [0.717, 1.165) is 6.42 Å². The Bertz CT molecular complexity index is 57.1. The van der Waals surface area contributed by atoms with E-state index in [1.165, 1.54) is 0 Å². The van der Waals surface area contributed by atoms with Crippen LogP contribution in [0.25, 0.3) is 0 Å². The molecule has 0 unspecified atom stereocenters. The molecule has 0 rings (SSSR count). The molecule has 0 aliphatic rings. The summed E-state index contributed by atoms with van der Waals surface area (Å²) in [5.74, 6) is 0. The number of hydrogen-bond acceptors (Lipinski definition) is 0. The summed E-state index contributed by atoms with van der Waals surface area (Å²) in [6, 6.07) is 0. The Hall–Kier alpha value is 0.320. The van der Waals surface area contributed by atoms with Gasteiger partial charge in [0, 0.05) is 0 Å². The smallest absolute Gasteiger partial charge is 0.105 e. The van der Waals surface area contributed by atoms with Crippen LogP contribution in [0.3, 0.4) is 0 Å². The maximum absolute atomic E-state index is 5.37. The van der Waals surface area contributed by atoms with Crippen LogP contribution in [0.2, 0.25) is 0 Å². The molecule has 2 heteroatoms. The SMILES string of the molecule is C/C=C/CC(Cl)Cl. The molecule has 0 spiro atoms. The normalized spacial score (nSPS) is 11.4. The standard InChI is InChI=1S/C5H8Cl2/c1-2-3-4-5(6)7/h2-3,5H,4H2,1H3/b3-2+. The van der Waals surface area contributed by atoms with Crippen molar-refractivity contribution in [1.29, 1.82) is 0 Å². The zero-order valence-electron chi connectivity index (χ0n) is 4.20. The van der Waals surface area contributed by atoms with Crippen molar-refractivity contribution in [2.75, 3.05) is 0 Å². The van der Waals surface area contributed by atoms with E-state index in [4.69, 9.17) is 23.2 Å². The quantitative estimate of drug-likeness (QED) is 0.407. The van der Waals surface area contributed by atoms with Gasteiger partial charge in [-0.2, -0.15) is 0 Å². The average molecular weight is 139 g/mol. The molecular formula is C5H8Cl2. The fourth-order valence-corrected chi connectivity index (χ4v) is 0.445. The van der Waals surface area contributed by atoms with E-state index in [1.54, 1.807) is 0 Å². The molecule has 0 aromatic carbocycles. The fraction of sp³-hybridized carbons (Fsp3) is 0.600. The van der Waals surface area contributed by atoms with Gasteiger partial charge in [-0.1, -0.05) is 12.2 Å². The molecule has 0 aromatic rings. The summed E-state index contributed by atoms with van der Waals surface area (Å²) in [5.41, 5.74) is 0. The Kier molecular flexibility index (Phi) is 4.68. The van der Waals surface area contributed by atoms with Crippen LogP contribution < -0.4 is 0 Å². The molecule has 0 aliphatic carbocycles. The predicted molar refractivity (Wildman–Crippen MR) is 34.9 cm³/mol. The van der Waals surface area contributed by atoms with Crippen LogP contribution in [0.5, 0.6) is 0 Å². The third-order valence-corrected chi connectivity index (χ3v) is 0.906. The highest BCUT2D eigenvalue weighted by Crippen LogP contribution is 2.06. The third kappa shape index (κ3) is 6.32. The van der Waals surface area contributed by atoms with Crippen molar-refractivity contribution in [2.24, 2.45) is 0 Å². The fourth-order valence-electron chi connectivity index (χ4n) is 0.239. The summed E-state index contributed by atoms with van der Waals surface area (Å²) in [6.07, 6.45) is 4.61. The van der Waals surface area contributed by atoms with Gasteiger partial charge in [-0.05, 0) is 13.3 Å². The maximum Gasteiger partial charge on any atom is 0.111 e. The van der Waals surface area contributed by atoms with Gasteiger partial charge >= 0.3 is 0 Å². The maximum atomic E-state index is 5.37. The van der Waals surface area contributed by atoms with Gasteiger partial charge < -0.3 is 0 Å². The molecule has 0 atom stereocenters. The van der Waals surface area contributed by atoms with Crippen LogP contribution in [0.4, 0.5) is 0 Å². The Labute approximate surface area is 54.1 Å². The molecule has 0 fully saturated rings. The molecule has 0 heterocycles. The monoisotopic (exact) mass is 138 g/mol. The molecule has 0 radical (unpaired) electrons. The van der Waals surface area contributed by atoms with E-state index in [-0.39, 0.29) is 4.84 Å². The van der Waals surface area contributed by atoms with Crippen LogP contribution in [0.15, 0.2) is 12.2 Å². The van der Waals surface area contributed by atoms with Gasteiger partial charge in [0.25, 0.3) is 0 Å². The van der Waals surface area contributed by atoms with Crippen molar-refractivity contribution >= 4 is 23.2 Å². The molecular weight excluding hydrogens is 131 g/mol. The van der Waals surface area contributed by atoms with Gasteiger partial charge in [0.15, 0.2) is 0 Å². The summed E-state index contributed by atoms with van der Waals surface area (Å²) in [4.78, 5) is -0.240. The molecule has 0 N–H and O–H groups in total. The summed E-state index contributed by atoms with van der Waals surface area (Å²) < 4.78 is 0. The van der Waals surface area contributed by atoms with Gasteiger partial charge in [0.1, 0.15) is 4.84 Å². The van der Waals surface area contributed by atoms with Gasteiger partial charge in [0.05, 0.1) is 0 Å². The van der Waals surface area contributed by atoms with Crippen molar-refractivity contribution in [3.63, 3.8) is 0 Å². The Morgan fingerprint density at radius 3 is 2.29 bits per heavy atom. The molecule has 0 nitrogen and oxygen atoms in total. The number of allylic oxidation sites excluding steroid dienone is 2. The van der Waals surface area contributed by atoms with E-state index in [1.807, 2.05) is 19.1 Å². The summed E-state index contributed by atoms with van der Waals surface area (Å²) in [6.45, 7) is 1.94. The Morgan fingerprint density at radius 1 is 1.57 bits per heavy atom. The topological polar surface area (TPSA) is 0 Å². The van der Waals surface area contributed by atoms with Gasteiger partial charge in [-0.3, -0.25) is 0 Å². The van der Waals surface area contributed by atoms with Crippen molar-refractivity contribution in [1.82, 2.24) is 0 Å². The lowest BCUT2D eigenvalue weighted by molar-refractivity contribution is 1.15. The zero-order valence-corrected chi connectivity index (χ0v) is 5.71. The van der Waals surface area contributed by atoms with Gasteiger partial charge in [0.2, 0.25) is 0 Å². The second kappa shape index (κ2) is 4.48. The summed E-state index contributed by atoms with van der Waals surface area (Å²) >= 11 is 10.7. The number of rotatable bonds is 2. The van der Waals surface area contributed by atoms with E-state index in [9.17, 15) is 0 Å². The molecule has 0 saturated heterocycles. The largest absolute Gasteiger partial charge is 0.111 e. The zero-order chi connectivity index (χ0) is 5.70. The number of hydrogen-bond donors (Lipinski definition) is 0. The van der Waals surface area contributed by atoms with E-state index in [0.29, 0.717) is 0 Å². The highest BCUT2D eigenvalue weighted by Gasteiger charge is 1.89. The average Bonchev–Trinajstić information content (AvgIpc) is 1.61. The van der Waals surface area contributed by atoms with E-state index >= 15 is 0 Å². The van der Waals surface area contributed by atoms with Crippen molar-refractivity contribution in [2.45, 2.75) is 18.2 Å². The molecule has 0 bridgehead atoms. The predicted octanol–water partition coefficient (Wildman–Crippen LogP) is 2.76. The molecule has 0 aliphatic heterocycles. The van der Waals surface area contributed by atoms with E-state index in [2.05, 4.69) is 0 Å². The van der Waals surface area contributed by atoms with Gasteiger partial charge in [-0.15, -0.1) is 23.2 Å². The molecule has 0 aromatic heterocycles. The second-order valence-electron chi connectivity index (χ2n) is 1.20. The minimum absolute atomic E-state index is 0.240. The lowest BCUT2D eigenvalue weighted by Gasteiger charge is -1.88. The highest BCUT2D eigenvalue weighted by molar-refractivity contribution is 6.44. The van der Waals surface area contributed by atoms with Crippen LogP contribution in [0, 0.1) is 0 Å². The molecule has 7 heavy (non-hydrogen) atoms. The van der Waals surface area contributed by atoms with Crippen molar-refractivity contribution in [3.8, 4) is 0 Å². The summed E-state index contributed by atoms with van der Waals surface area (Å²) in [5, 5.41) is 0. The van der Waals surface area contributed by atoms with Crippen LogP contribution >= 0.6 is 23.2 Å². The van der Waals surface area contributed by atoms with Crippen LogP contribution in [0.1, 0.15) is 13.3 Å². The highest BCUT2D eigenvalue weighted by atomic mass is 35.5. The number of alkyl halides is 2. The third-order valence-electron chi connectivity index (χ3n) is 0.550. The minimum atomic E-state index is -0.240. The first-order chi connectivity index (χ1) is 3.27. The lowest BCUT2D eigenvalue weighted by atomic mass is 10.4. The Balaban J connectivity index is 2.97. The Morgan fingerprint density at radius 2 is 2.14 bits per heavy atom. The van der Waals surface area contributed by atoms with Crippen molar-refractivity contribution in [3.05, 3.63) is 12.2 Å². The first-order valence-electron chi connectivity index (χ1n) is 2.16. The van der Waals surface area contributed by atoms with E-state index < -0.39 is 0 Å². The number of halogens is 2. The first-order valence-corrected chi connectivity index (χ1v) is 3.04. The second-order valence-corrected chi connectivity index (χ2v) is 2.47. The van der Waals surface area contributed by atoms with Crippen LogP contribution in [-0.4, -0.2) is 4.84 Å². The lowest BCUT2D eigenvalue weighted by Crippen LogP contribution is -1.78. The van der Waals surface area contributed by atoms with Crippen LogP contribution in [-0.2, 0) is 0 Å². The molecule has 0 saturated carbocycles.